The minimum Gasteiger partial charge on any atom is -0.504 e. The molecule has 2 aliphatic rings. The molecule has 1 aliphatic heterocycles. The smallest absolute Gasteiger partial charge is 0.200 e. The quantitative estimate of drug-likeness (QED) is 0.113. The third-order valence-corrected chi connectivity index (χ3v) is 9.83. The van der Waals surface area contributed by atoms with Crippen LogP contribution in [0.15, 0.2) is 64.5 Å². The van der Waals surface area contributed by atoms with Gasteiger partial charge < -0.3 is 14.6 Å². The summed E-state index contributed by atoms with van der Waals surface area (Å²) in [6.07, 6.45) is 8.95. The van der Waals surface area contributed by atoms with Gasteiger partial charge in [-0.25, -0.2) is 0 Å². The summed E-state index contributed by atoms with van der Waals surface area (Å²) in [4.78, 5) is 44.0. The zero-order valence-corrected chi connectivity index (χ0v) is 30.2. The minimum absolute atomic E-state index is 0.0298. The lowest BCUT2D eigenvalue weighted by Gasteiger charge is -2.54. The van der Waals surface area contributed by atoms with Gasteiger partial charge in [0.05, 0.1) is 18.4 Å². The van der Waals surface area contributed by atoms with Crippen LogP contribution in [0.2, 0.25) is 0 Å². The number of hydrogen-bond acceptors (Lipinski definition) is 6. The van der Waals surface area contributed by atoms with Crippen LogP contribution >= 0.6 is 0 Å². The summed E-state index contributed by atoms with van der Waals surface area (Å²) in [6, 6.07) is 4.38. The molecule has 6 heteroatoms. The molecule has 4 atom stereocenters. The van der Waals surface area contributed by atoms with Gasteiger partial charge in [0.1, 0.15) is 16.9 Å². The third kappa shape index (κ3) is 7.93. The van der Waals surface area contributed by atoms with Crippen LogP contribution in [0, 0.1) is 28.6 Å². The Bertz CT molecular complexity index is 1470. The lowest BCUT2D eigenvalue weighted by molar-refractivity contribution is -0.158. The van der Waals surface area contributed by atoms with Crippen molar-refractivity contribution in [3.8, 4) is 11.5 Å². The summed E-state index contributed by atoms with van der Waals surface area (Å²) in [7, 11) is 1.43. The molecule has 1 saturated heterocycles. The topological polar surface area (TPSA) is 89.9 Å². The highest BCUT2D eigenvalue weighted by molar-refractivity contribution is 6.33. The molecule has 1 aromatic carbocycles. The fourth-order valence-electron chi connectivity index (χ4n) is 6.77. The summed E-state index contributed by atoms with van der Waals surface area (Å²) in [5, 5.41) is 10.6. The number of benzene rings is 1. The van der Waals surface area contributed by atoms with Crippen LogP contribution in [-0.2, 0) is 14.3 Å². The number of carbonyl (C=O) groups is 3. The van der Waals surface area contributed by atoms with Crippen LogP contribution in [0.1, 0.15) is 119 Å². The predicted molar refractivity (Wildman–Crippen MR) is 185 cm³/mol. The van der Waals surface area contributed by atoms with Crippen LogP contribution < -0.4 is 4.74 Å². The van der Waals surface area contributed by atoms with Crippen LogP contribution in [0.3, 0.4) is 0 Å². The Morgan fingerprint density at radius 1 is 1.00 bits per heavy atom. The van der Waals surface area contributed by atoms with Crippen LogP contribution in [-0.4, -0.2) is 35.2 Å². The molecule has 0 bridgehead atoms. The maximum atomic E-state index is 15.1. The first kappa shape index (κ1) is 37.1. The van der Waals surface area contributed by atoms with Gasteiger partial charge in [0.25, 0.3) is 0 Å². The Hall–Kier alpha value is -3.41. The van der Waals surface area contributed by atoms with Crippen molar-refractivity contribution in [3.63, 3.8) is 0 Å². The maximum Gasteiger partial charge on any atom is 0.200 e. The fraction of sp³-hybridized carbons (Fsp3) is 0.575. The summed E-state index contributed by atoms with van der Waals surface area (Å²) >= 11 is 0. The molecule has 0 saturated carbocycles. The molecule has 0 radical (unpaired) electrons. The van der Waals surface area contributed by atoms with E-state index in [9.17, 15) is 14.7 Å². The van der Waals surface area contributed by atoms with E-state index in [0.717, 1.165) is 12.0 Å². The number of aromatic hydroxyl groups is 1. The Morgan fingerprint density at radius 3 is 2.11 bits per heavy atom. The van der Waals surface area contributed by atoms with Crippen molar-refractivity contribution in [2.75, 3.05) is 7.11 Å². The number of allylic oxidation sites excluding steroid dienone is 8. The van der Waals surface area contributed by atoms with E-state index in [-0.39, 0.29) is 57.8 Å². The number of methoxy groups -OCH3 is 1. The van der Waals surface area contributed by atoms with E-state index in [4.69, 9.17) is 9.47 Å². The number of Topliss-reactive ketones (excluding diaryl/α,β-unsaturated/α-hetero) is 3. The number of carbonyl (C=O) groups excluding carboxylic acids is 3. The van der Waals surface area contributed by atoms with Gasteiger partial charge in [-0.1, -0.05) is 55.7 Å². The van der Waals surface area contributed by atoms with Crippen molar-refractivity contribution >= 4 is 17.3 Å². The molecule has 1 aliphatic carbocycles. The average Bonchev–Trinajstić information content (AvgIpc) is 2.93. The molecule has 1 fully saturated rings. The summed E-state index contributed by atoms with van der Waals surface area (Å²) in [6.45, 7) is 22.7. The van der Waals surface area contributed by atoms with Crippen LogP contribution in [0.25, 0.3) is 0 Å². The number of phenols is 1. The number of phenolic OH excluding ortho intramolecular Hbond substituents is 1. The number of hydrogen-bond donors (Lipinski definition) is 1. The van der Waals surface area contributed by atoms with E-state index < -0.39 is 28.5 Å². The lowest BCUT2D eigenvalue weighted by atomic mass is 9.55. The molecule has 0 spiro atoms. The van der Waals surface area contributed by atoms with Crippen LogP contribution in [0.4, 0.5) is 0 Å². The molecule has 1 aromatic rings. The van der Waals surface area contributed by atoms with Crippen LogP contribution in [0.5, 0.6) is 11.5 Å². The molecule has 0 aromatic heterocycles. The summed E-state index contributed by atoms with van der Waals surface area (Å²) in [5.41, 5.74) is 1.37. The van der Waals surface area contributed by atoms with E-state index in [0.29, 0.717) is 19.3 Å². The van der Waals surface area contributed by atoms with Crippen molar-refractivity contribution in [2.24, 2.45) is 28.6 Å². The van der Waals surface area contributed by atoms with Crippen molar-refractivity contribution in [1.29, 1.82) is 0 Å². The van der Waals surface area contributed by atoms with Gasteiger partial charge in [0.15, 0.2) is 28.8 Å². The second-order valence-corrected chi connectivity index (χ2v) is 15.7. The summed E-state index contributed by atoms with van der Waals surface area (Å²) in [5.74, 6) is -1.96. The molecule has 252 valence electrons. The fourth-order valence-corrected chi connectivity index (χ4v) is 6.77. The van der Waals surface area contributed by atoms with Gasteiger partial charge in [0.2, 0.25) is 0 Å². The highest BCUT2D eigenvalue weighted by atomic mass is 16.5. The van der Waals surface area contributed by atoms with Crippen molar-refractivity contribution in [1.82, 2.24) is 0 Å². The normalized spacial score (nSPS) is 23.1. The van der Waals surface area contributed by atoms with Crippen molar-refractivity contribution < 1.29 is 29.0 Å². The predicted octanol–water partition coefficient (Wildman–Crippen LogP) is 9.53. The number of fused-ring (bicyclic) bond motifs is 1. The highest BCUT2D eigenvalue weighted by Gasteiger charge is 2.61. The molecule has 1 unspecified atom stereocenters. The van der Waals surface area contributed by atoms with Crippen molar-refractivity contribution in [3.05, 3.63) is 70.0 Å². The molecule has 3 rings (SSSR count). The van der Waals surface area contributed by atoms with E-state index in [2.05, 4.69) is 60.6 Å². The standard InChI is InChI=1S/C40H56O6/c1-24(2)13-17-28(38(7,8)9)22-40-23-29(18-14-25(3)4)39(10,11)46-37(40)33(35(43)30(36(40)44)19-15-26(5)6)34(42)27-16-20-32(45-12)31(41)21-27/h13-16,20-21,28-30,41H,17-19,22-23H2,1-12H3/t28-,29+,30?,40-/m1/s1. The second kappa shape index (κ2) is 14.1. The monoisotopic (exact) mass is 632 g/mol. The van der Waals surface area contributed by atoms with Gasteiger partial charge in [-0.05, 0) is 117 Å². The molecule has 0 amide bonds. The maximum absolute atomic E-state index is 15.1. The zero-order chi connectivity index (χ0) is 34.8. The second-order valence-electron chi connectivity index (χ2n) is 15.7. The molecule has 6 nitrogen and oxygen atoms in total. The minimum atomic E-state index is -1.17. The average molecular weight is 633 g/mol. The highest BCUT2D eigenvalue weighted by Crippen LogP contribution is 2.58. The first-order chi connectivity index (χ1) is 21.2. The Balaban J connectivity index is 2.42. The third-order valence-electron chi connectivity index (χ3n) is 9.83. The molecular weight excluding hydrogens is 576 g/mol. The van der Waals surface area contributed by atoms with E-state index >= 15 is 4.79 Å². The lowest BCUT2D eigenvalue weighted by Crippen LogP contribution is -2.57. The van der Waals surface area contributed by atoms with E-state index in [1.54, 1.807) is 6.07 Å². The van der Waals surface area contributed by atoms with E-state index in [1.165, 1.54) is 30.4 Å². The molecule has 1 N–H and O–H groups in total. The molecular formula is C40H56O6. The Morgan fingerprint density at radius 2 is 1.59 bits per heavy atom. The number of ketones is 3. The first-order valence-corrected chi connectivity index (χ1v) is 16.6. The number of ether oxygens (including phenoxy) is 2. The van der Waals surface area contributed by atoms with Gasteiger partial charge in [0, 0.05) is 11.5 Å². The van der Waals surface area contributed by atoms with Gasteiger partial charge in [-0.2, -0.15) is 0 Å². The SMILES string of the molecule is COc1ccc(C(=O)C2=C3OC(C)(C)[C@@H](CC=C(C)C)C[C@]3(C[C@@H](CC=C(C)C)C(C)(C)C)C(=O)C(CC=C(C)C)C2=O)cc1O. The summed E-state index contributed by atoms with van der Waals surface area (Å²) < 4.78 is 12.1. The largest absolute Gasteiger partial charge is 0.504 e. The van der Waals surface area contributed by atoms with E-state index in [1.807, 2.05) is 33.8 Å². The zero-order valence-electron chi connectivity index (χ0n) is 30.2. The Kier molecular flexibility index (Phi) is 11.4. The Labute approximate surface area is 277 Å². The molecule has 46 heavy (non-hydrogen) atoms. The molecule has 1 heterocycles. The van der Waals surface area contributed by atoms with Gasteiger partial charge in [-0.3, -0.25) is 14.4 Å². The van der Waals surface area contributed by atoms with Crippen molar-refractivity contribution in [2.45, 2.75) is 114 Å². The first-order valence-electron chi connectivity index (χ1n) is 16.6. The number of rotatable bonds is 11. The van der Waals surface area contributed by atoms with Gasteiger partial charge >= 0.3 is 0 Å². The van der Waals surface area contributed by atoms with Gasteiger partial charge in [-0.15, -0.1) is 0 Å².